The topological polar surface area (TPSA) is 67.3 Å². The van der Waals surface area contributed by atoms with E-state index in [2.05, 4.69) is 20.9 Å². The van der Waals surface area contributed by atoms with E-state index >= 15 is 0 Å². The van der Waals surface area contributed by atoms with Crippen LogP contribution in [0.1, 0.15) is 23.6 Å². The molecule has 0 spiro atoms. The Morgan fingerprint density at radius 2 is 1.96 bits per heavy atom. The maximum absolute atomic E-state index is 13.9. The van der Waals surface area contributed by atoms with Crippen LogP contribution in [0, 0.1) is 5.82 Å². The highest BCUT2D eigenvalue weighted by molar-refractivity contribution is 9.10. The number of benzene rings is 2. The van der Waals surface area contributed by atoms with Crippen LogP contribution in [0.2, 0.25) is 0 Å². The zero-order valence-corrected chi connectivity index (χ0v) is 16.5. The summed E-state index contributed by atoms with van der Waals surface area (Å²) in [4.78, 5) is 28.4. The van der Waals surface area contributed by atoms with Crippen LogP contribution in [0.25, 0.3) is 10.6 Å². The van der Waals surface area contributed by atoms with Crippen LogP contribution in [0.3, 0.4) is 0 Å². The number of aromatic nitrogens is 1. The fourth-order valence-electron chi connectivity index (χ4n) is 2.73. The molecule has 1 heterocycles. The van der Waals surface area contributed by atoms with Gasteiger partial charge in [0.1, 0.15) is 16.6 Å². The van der Waals surface area contributed by atoms with Gasteiger partial charge in [0.15, 0.2) is 0 Å². The first-order valence-corrected chi connectivity index (χ1v) is 9.80. The monoisotopic (exact) mass is 447 g/mol. The average molecular weight is 448 g/mol. The fourth-order valence-corrected chi connectivity index (χ4v) is 3.95. The Kier molecular flexibility index (Phi) is 6.13. The molecule has 0 aliphatic heterocycles. The number of Topliss-reactive ketones (excluding diaryl/α,β-unsaturated/α-hetero) is 1. The highest BCUT2D eigenvalue weighted by Crippen LogP contribution is 2.28. The van der Waals surface area contributed by atoms with Gasteiger partial charge in [0.05, 0.1) is 11.6 Å². The first kappa shape index (κ1) is 19.4. The number of ketones is 1. The van der Waals surface area contributed by atoms with E-state index in [9.17, 15) is 19.1 Å². The smallest absolute Gasteiger partial charge is 0.311 e. The number of halogens is 2. The summed E-state index contributed by atoms with van der Waals surface area (Å²) in [7, 11) is 0. The molecule has 0 fully saturated rings. The van der Waals surface area contributed by atoms with Gasteiger partial charge in [-0.25, -0.2) is 9.37 Å². The summed E-state index contributed by atoms with van der Waals surface area (Å²) in [5, 5.41) is 12.0. The molecule has 4 nitrogen and oxygen atoms in total. The Morgan fingerprint density at radius 3 is 2.67 bits per heavy atom. The van der Waals surface area contributed by atoms with Gasteiger partial charge in [-0.3, -0.25) is 9.59 Å². The first-order chi connectivity index (χ1) is 12.9. The number of nitrogens with zero attached hydrogens (tertiary/aromatic N) is 1. The Hall–Kier alpha value is -2.38. The lowest BCUT2D eigenvalue weighted by molar-refractivity contribution is -0.140. The number of carboxylic acids is 1. The summed E-state index contributed by atoms with van der Waals surface area (Å²) in [6, 6.07) is 13.3. The number of aliphatic carboxylic acids is 1. The Bertz CT molecular complexity index is 989. The van der Waals surface area contributed by atoms with Gasteiger partial charge in [-0.1, -0.05) is 46.3 Å². The van der Waals surface area contributed by atoms with Crippen molar-refractivity contribution in [1.82, 2.24) is 4.98 Å². The number of hydrogen-bond acceptors (Lipinski definition) is 4. The predicted molar refractivity (Wildman–Crippen MR) is 105 cm³/mol. The summed E-state index contributed by atoms with van der Waals surface area (Å²) < 4.78 is 14.8. The number of carboxylic acid groups (broad SMARTS) is 1. The van der Waals surface area contributed by atoms with Gasteiger partial charge in [-0.05, 0) is 18.2 Å². The normalized spacial score (nSPS) is 11.9. The number of carbonyl (C=O) groups is 2. The number of rotatable bonds is 7. The number of carbonyl (C=O) groups excluding carboxylic acids is 1. The van der Waals surface area contributed by atoms with Crippen LogP contribution in [-0.4, -0.2) is 21.8 Å². The maximum atomic E-state index is 13.9. The Balaban J connectivity index is 1.72. The Morgan fingerprint density at radius 1 is 1.19 bits per heavy atom. The van der Waals surface area contributed by atoms with Gasteiger partial charge < -0.3 is 5.11 Å². The second-order valence-electron chi connectivity index (χ2n) is 5.99. The first-order valence-electron chi connectivity index (χ1n) is 8.13. The van der Waals surface area contributed by atoms with Crippen molar-refractivity contribution in [2.24, 2.45) is 0 Å². The predicted octanol–water partition coefficient (Wildman–Crippen LogP) is 5.08. The molecule has 0 saturated heterocycles. The van der Waals surface area contributed by atoms with Crippen molar-refractivity contribution in [2.45, 2.75) is 18.8 Å². The molecule has 0 bridgehead atoms. The van der Waals surface area contributed by atoms with E-state index in [0.29, 0.717) is 5.69 Å². The zero-order chi connectivity index (χ0) is 19.4. The van der Waals surface area contributed by atoms with Gasteiger partial charge >= 0.3 is 5.97 Å². The molecule has 138 valence electrons. The fraction of sp³-hybridized carbons (Fsp3) is 0.150. The van der Waals surface area contributed by atoms with Gasteiger partial charge in [0.2, 0.25) is 0 Å². The van der Waals surface area contributed by atoms with Crippen LogP contribution in [0.15, 0.2) is 58.4 Å². The maximum Gasteiger partial charge on any atom is 0.311 e. The zero-order valence-electron chi connectivity index (χ0n) is 14.1. The molecule has 1 atom stereocenters. The highest BCUT2D eigenvalue weighted by atomic mass is 79.9. The van der Waals surface area contributed by atoms with Crippen molar-refractivity contribution in [3.05, 3.63) is 75.5 Å². The minimum absolute atomic E-state index is 0.0166. The van der Waals surface area contributed by atoms with Crippen molar-refractivity contribution >= 4 is 39.0 Å². The molecule has 0 aliphatic rings. The molecule has 0 radical (unpaired) electrons. The van der Waals surface area contributed by atoms with E-state index < -0.39 is 17.7 Å². The molecular formula is C20H15BrFNO3S. The average Bonchev–Trinajstić information content (AvgIpc) is 3.09. The lowest BCUT2D eigenvalue weighted by Gasteiger charge is -2.12. The van der Waals surface area contributed by atoms with E-state index in [4.69, 9.17) is 0 Å². The highest BCUT2D eigenvalue weighted by Gasteiger charge is 2.26. The standard InChI is InChI=1S/C20H15BrFNO3S/c21-13-5-3-4-12(8-13)19-23-14(11-27-19)9-15(24)10-17(20(25)26)16-6-1-2-7-18(16)22/h1-8,11,17H,9-10H2,(H,25,26). The molecule has 1 unspecified atom stereocenters. The summed E-state index contributed by atoms with van der Waals surface area (Å²) in [5.41, 5.74) is 1.53. The van der Waals surface area contributed by atoms with Crippen LogP contribution in [0.5, 0.6) is 0 Å². The summed E-state index contributed by atoms with van der Waals surface area (Å²) in [6.45, 7) is 0. The summed E-state index contributed by atoms with van der Waals surface area (Å²) >= 11 is 4.83. The largest absolute Gasteiger partial charge is 0.481 e. The van der Waals surface area contributed by atoms with E-state index in [1.165, 1.54) is 29.5 Å². The van der Waals surface area contributed by atoms with Crippen LogP contribution in [0.4, 0.5) is 4.39 Å². The molecule has 0 aliphatic carbocycles. The summed E-state index contributed by atoms with van der Waals surface area (Å²) in [5.74, 6) is -3.34. The van der Waals surface area contributed by atoms with Crippen molar-refractivity contribution in [3.63, 3.8) is 0 Å². The minimum atomic E-state index is -1.22. The Labute approximate surface area is 167 Å². The van der Waals surface area contributed by atoms with Gasteiger partial charge in [0, 0.05) is 33.8 Å². The molecule has 3 rings (SSSR count). The van der Waals surface area contributed by atoms with Crippen LogP contribution >= 0.6 is 27.3 Å². The van der Waals surface area contributed by atoms with E-state index in [0.717, 1.165) is 15.0 Å². The third-order valence-electron chi connectivity index (χ3n) is 4.01. The second-order valence-corrected chi connectivity index (χ2v) is 7.76. The van der Waals surface area contributed by atoms with Crippen molar-refractivity contribution in [2.75, 3.05) is 0 Å². The quantitative estimate of drug-likeness (QED) is 0.548. The second kappa shape index (κ2) is 8.54. The SMILES string of the molecule is O=C(Cc1csc(-c2cccc(Br)c2)n1)CC(C(=O)O)c1ccccc1F. The van der Waals surface area contributed by atoms with Gasteiger partial charge in [-0.15, -0.1) is 11.3 Å². The van der Waals surface area contributed by atoms with Crippen LogP contribution < -0.4 is 0 Å². The van der Waals surface area contributed by atoms with Crippen molar-refractivity contribution in [3.8, 4) is 10.6 Å². The van der Waals surface area contributed by atoms with Gasteiger partial charge in [0.25, 0.3) is 0 Å². The molecule has 7 heteroatoms. The molecule has 1 N–H and O–H groups in total. The van der Waals surface area contributed by atoms with E-state index in [1.54, 1.807) is 11.4 Å². The third-order valence-corrected chi connectivity index (χ3v) is 5.45. The molecule has 27 heavy (non-hydrogen) atoms. The molecule has 1 aromatic heterocycles. The molecule has 3 aromatic rings. The number of hydrogen-bond donors (Lipinski definition) is 1. The molecule has 0 saturated carbocycles. The third kappa shape index (κ3) is 4.87. The molecule has 2 aromatic carbocycles. The lowest BCUT2D eigenvalue weighted by Crippen LogP contribution is -2.18. The van der Waals surface area contributed by atoms with E-state index in [-0.39, 0.29) is 24.2 Å². The van der Waals surface area contributed by atoms with Crippen molar-refractivity contribution in [1.29, 1.82) is 0 Å². The molecule has 0 amide bonds. The molecular weight excluding hydrogens is 433 g/mol. The minimum Gasteiger partial charge on any atom is -0.481 e. The van der Waals surface area contributed by atoms with Crippen LogP contribution in [-0.2, 0) is 16.0 Å². The van der Waals surface area contributed by atoms with Gasteiger partial charge in [-0.2, -0.15) is 0 Å². The lowest BCUT2D eigenvalue weighted by atomic mass is 9.92. The van der Waals surface area contributed by atoms with Crippen molar-refractivity contribution < 1.29 is 19.1 Å². The number of thiazole rings is 1. The van der Waals surface area contributed by atoms with E-state index in [1.807, 2.05) is 24.3 Å². The summed E-state index contributed by atoms with van der Waals surface area (Å²) in [6.07, 6.45) is -0.261.